The number of hydrogen-bond acceptors (Lipinski definition) is 10. The van der Waals surface area contributed by atoms with Gasteiger partial charge in [-0.1, -0.05) is 0 Å². The first-order chi connectivity index (χ1) is 10.3. The maximum Gasteiger partial charge on any atom is 0.187 e. The summed E-state index contributed by atoms with van der Waals surface area (Å²) in [7, 11) is 0. The largest absolute Gasteiger partial charge is 0.394 e. The fourth-order valence-corrected chi connectivity index (χ4v) is 2.50. The highest BCUT2D eigenvalue weighted by molar-refractivity contribution is 4.92. The van der Waals surface area contributed by atoms with Crippen molar-refractivity contribution in [2.45, 2.75) is 68.3 Å². The van der Waals surface area contributed by atoms with Crippen LogP contribution in [0.15, 0.2) is 0 Å². The van der Waals surface area contributed by atoms with Crippen molar-refractivity contribution in [2.24, 2.45) is 0 Å². The number of ether oxygens (including phenoxy) is 3. The van der Waals surface area contributed by atoms with Crippen molar-refractivity contribution in [3.63, 3.8) is 0 Å². The van der Waals surface area contributed by atoms with Crippen molar-refractivity contribution >= 4 is 0 Å². The van der Waals surface area contributed by atoms with Gasteiger partial charge in [0.05, 0.1) is 12.7 Å². The average Bonchev–Trinajstić information content (AvgIpc) is 2.49. The Hall–Kier alpha value is -0.400. The van der Waals surface area contributed by atoms with Crippen LogP contribution in [-0.2, 0) is 14.2 Å². The van der Waals surface area contributed by atoms with Gasteiger partial charge in [0, 0.05) is 0 Å². The van der Waals surface area contributed by atoms with Crippen LogP contribution in [0.5, 0.6) is 0 Å². The van der Waals surface area contributed by atoms with Gasteiger partial charge < -0.3 is 50.0 Å². The molecule has 0 aromatic rings. The van der Waals surface area contributed by atoms with Gasteiger partial charge in [-0.3, -0.25) is 0 Å². The third-order valence-electron chi connectivity index (χ3n) is 3.94. The van der Waals surface area contributed by atoms with Crippen LogP contribution in [0.25, 0.3) is 0 Å². The second-order valence-electron chi connectivity index (χ2n) is 5.51. The van der Waals surface area contributed by atoms with Crippen molar-refractivity contribution in [2.75, 3.05) is 6.61 Å². The van der Waals surface area contributed by atoms with Gasteiger partial charge in [0.2, 0.25) is 0 Å². The van der Waals surface area contributed by atoms with Gasteiger partial charge in [0.1, 0.15) is 42.7 Å². The molecule has 0 amide bonds. The molecule has 2 saturated heterocycles. The van der Waals surface area contributed by atoms with Crippen LogP contribution >= 0.6 is 0 Å². The highest BCUT2D eigenvalue weighted by Crippen LogP contribution is 2.28. The third kappa shape index (κ3) is 3.26. The van der Waals surface area contributed by atoms with E-state index in [0.29, 0.717) is 0 Å². The smallest absolute Gasteiger partial charge is 0.187 e. The van der Waals surface area contributed by atoms with E-state index in [1.807, 2.05) is 0 Å². The van der Waals surface area contributed by atoms with Crippen LogP contribution < -0.4 is 0 Å². The summed E-state index contributed by atoms with van der Waals surface area (Å²) in [6.07, 6.45) is -14.3. The van der Waals surface area contributed by atoms with Crippen molar-refractivity contribution in [3.8, 4) is 0 Å². The molecule has 0 spiro atoms. The lowest BCUT2D eigenvalue weighted by molar-refractivity contribution is -0.358. The number of aliphatic hydroxyl groups is 7. The summed E-state index contributed by atoms with van der Waals surface area (Å²) in [6, 6.07) is 0. The molecule has 7 N–H and O–H groups in total. The molecule has 0 saturated carbocycles. The molecule has 2 aliphatic rings. The highest BCUT2D eigenvalue weighted by Gasteiger charge is 2.49. The second-order valence-corrected chi connectivity index (χ2v) is 5.51. The maximum atomic E-state index is 9.93. The molecular formula is C12H22O10. The van der Waals surface area contributed by atoms with Gasteiger partial charge in [-0.25, -0.2) is 0 Å². The van der Waals surface area contributed by atoms with Crippen LogP contribution in [0.4, 0.5) is 0 Å². The maximum absolute atomic E-state index is 9.93. The van der Waals surface area contributed by atoms with Gasteiger partial charge in [-0.2, -0.15) is 0 Å². The van der Waals surface area contributed by atoms with Crippen molar-refractivity contribution in [1.82, 2.24) is 0 Å². The van der Waals surface area contributed by atoms with Gasteiger partial charge in [-0.05, 0) is 6.92 Å². The monoisotopic (exact) mass is 326 g/mol. The number of rotatable bonds is 3. The Morgan fingerprint density at radius 3 is 2.05 bits per heavy atom. The number of hydrogen-bond donors (Lipinski definition) is 7. The molecule has 0 aliphatic carbocycles. The fourth-order valence-electron chi connectivity index (χ4n) is 2.50. The van der Waals surface area contributed by atoms with Crippen LogP contribution in [0.2, 0.25) is 0 Å². The number of aliphatic hydroxyl groups excluding tert-OH is 7. The summed E-state index contributed by atoms with van der Waals surface area (Å²) < 4.78 is 15.3. The molecule has 2 heterocycles. The van der Waals surface area contributed by atoms with Gasteiger partial charge in [0.25, 0.3) is 0 Å². The Kier molecular flexibility index (Phi) is 5.72. The summed E-state index contributed by atoms with van der Waals surface area (Å²) in [5.41, 5.74) is 0. The summed E-state index contributed by atoms with van der Waals surface area (Å²) in [6.45, 7) is 0.823. The predicted octanol–water partition coefficient (Wildman–Crippen LogP) is -4.37. The molecule has 2 fully saturated rings. The van der Waals surface area contributed by atoms with E-state index in [9.17, 15) is 30.6 Å². The van der Waals surface area contributed by atoms with Crippen LogP contribution in [-0.4, -0.2) is 104 Å². The minimum atomic E-state index is -1.69. The zero-order valence-corrected chi connectivity index (χ0v) is 11.8. The summed E-state index contributed by atoms with van der Waals surface area (Å²) in [4.78, 5) is 0. The molecule has 2 aliphatic heterocycles. The third-order valence-corrected chi connectivity index (χ3v) is 3.94. The van der Waals surface area contributed by atoms with Crippen molar-refractivity contribution < 1.29 is 50.0 Å². The molecule has 10 nitrogen and oxygen atoms in total. The summed E-state index contributed by atoms with van der Waals surface area (Å²) >= 11 is 0. The molecule has 0 radical (unpaired) electrons. The highest BCUT2D eigenvalue weighted by atomic mass is 16.7. The average molecular weight is 326 g/mol. The molecule has 0 unspecified atom stereocenters. The van der Waals surface area contributed by atoms with Crippen molar-refractivity contribution in [1.29, 1.82) is 0 Å². The molecule has 22 heavy (non-hydrogen) atoms. The predicted molar refractivity (Wildman–Crippen MR) is 67.2 cm³/mol. The minimum absolute atomic E-state index is 0.619. The molecule has 0 aromatic carbocycles. The quantitative estimate of drug-likeness (QED) is 0.269. The first-order valence-corrected chi connectivity index (χ1v) is 6.93. The van der Waals surface area contributed by atoms with E-state index in [1.54, 1.807) is 0 Å². The van der Waals surface area contributed by atoms with Gasteiger partial charge in [-0.15, -0.1) is 0 Å². The van der Waals surface area contributed by atoms with E-state index >= 15 is 0 Å². The Morgan fingerprint density at radius 2 is 1.45 bits per heavy atom. The van der Waals surface area contributed by atoms with E-state index in [0.717, 1.165) is 0 Å². The first-order valence-electron chi connectivity index (χ1n) is 6.93. The Bertz CT molecular complexity index is 368. The lowest BCUT2D eigenvalue weighted by Crippen LogP contribution is -2.63. The molecule has 10 heteroatoms. The molecule has 0 aromatic heterocycles. The van der Waals surface area contributed by atoms with E-state index in [-0.39, 0.29) is 0 Å². The molecule has 130 valence electrons. The molecule has 2 rings (SSSR count). The normalized spacial score (nSPS) is 53.5. The van der Waals surface area contributed by atoms with Crippen LogP contribution in [0.1, 0.15) is 6.92 Å². The zero-order valence-electron chi connectivity index (χ0n) is 11.8. The molecule has 10 atom stereocenters. The summed E-state index contributed by atoms with van der Waals surface area (Å²) in [5, 5.41) is 67.5. The molecule has 0 bridgehead atoms. The second kappa shape index (κ2) is 7.01. The standard InChI is InChI=1S/C12H22O10/c1-3-5(14)7(16)9(18)12(20-3)22-10-8(17)6(15)4(2-13)21-11(10)19/h3-19H,2H2,1H3/t3-,4-,5-,6+,7+,8+,9+,10-,11-,12+/m1/s1. The Balaban J connectivity index is 2.06. The zero-order chi connectivity index (χ0) is 16.6. The lowest BCUT2D eigenvalue weighted by atomic mass is 9.97. The van der Waals surface area contributed by atoms with E-state index in [2.05, 4.69) is 0 Å². The van der Waals surface area contributed by atoms with E-state index < -0.39 is 68.0 Å². The Labute approximate surface area is 126 Å². The van der Waals surface area contributed by atoms with E-state index in [4.69, 9.17) is 19.3 Å². The topological polar surface area (TPSA) is 169 Å². The van der Waals surface area contributed by atoms with E-state index in [1.165, 1.54) is 6.92 Å². The van der Waals surface area contributed by atoms with Gasteiger partial charge >= 0.3 is 0 Å². The summed E-state index contributed by atoms with van der Waals surface area (Å²) in [5.74, 6) is 0. The van der Waals surface area contributed by atoms with Gasteiger partial charge in [0.15, 0.2) is 12.6 Å². The Morgan fingerprint density at radius 1 is 0.818 bits per heavy atom. The molecular weight excluding hydrogens is 304 g/mol. The SMILES string of the molecule is C[C@H]1O[C@@H](O[C@@H]2[C@@H](O)[C@@H](O)[C@@H](CO)O[C@H]2O)[C@@H](O)[C@@H](O)[C@@H]1O. The fraction of sp³-hybridized carbons (Fsp3) is 1.00. The van der Waals surface area contributed by atoms with Crippen LogP contribution in [0, 0.1) is 0 Å². The van der Waals surface area contributed by atoms with Crippen LogP contribution in [0.3, 0.4) is 0 Å². The lowest BCUT2D eigenvalue weighted by Gasteiger charge is -2.44. The minimum Gasteiger partial charge on any atom is -0.394 e. The van der Waals surface area contributed by atoms with Crippen molar-refractivity contribution in [3.05, 3.63) is 0 Å². The first kappa shape index (κ1) is 17.9.